The van der Waals surface area contributed by atoms with Gasteiger partial charge in [0.25, 0.3) is 11.5 Å². The Morgan fingerprint density at radius 2 is 2.11 bits per heavy atom. The number of rotatable bonds is 2. The maximum atomic E-state index is 12.0. The summed E-state index contributed by atoms with van der Waals surface area (Å²) in [5.41, 5.74) is 1.11. The van der Waals surface area contributed by atoms with E-state index in [1.807, 2.05) is 19.1 Å². The lowest BCUT2D eigenvalue weighted by atomic mass is 10.2. The molecule has 0 saturated heterocycles. The van der Waals surface area contributed by atoms with E-state index < -0.39 is 11.5 Å². The summed E-state index contributed by atoms with van der Waals surface area (Å²) < 4.78 is 0.929. The van der Waals surface area contributed by atoms with E-state index >= 15 is 0 Å². The molecule has 2 aromatic rings. The number of amides is 1. The first-order valence-electron chi connectivity index (χ1n) is 5.61. The number of H-pyrrole nitrogens is 1. The zero-order chi connectivity index (χ0) is 14.0. The SMILES string of the molecule is Cc1ncc(C(=O)Nc2ccc(Br)cc2C)c(=O)[nH]1. The van der Waals surface area contributed by atoms with Crippen LogP contribution in [0.1, 0.15) is 21.7 Å². The molecular formula is C13H12BrN3O2. The molecule has 0 aliphatic carbocycles. The predicted molar refractivity (Wildman–Crippen MR) is 76.4 cm³/mol. The summed E-state index contributed by atoms with van der Waals surface area (Å²) in [7, 11) is 0. The summed E-state index contributed by atoms with van der Waals surface area (Å²) >= 11 is 3.35. The van der Waals surface area contributed by atoms with Crippen LogP contribution in [0, 0.1) is 13.8 Å². The highest BCUT2D eigenvalue weighted by Crippen LogP contribution is 2.20. The van der Waals surface area contributed by atoms with Crippen molar-refractivity contribution in [1.82, 2.24) is 9.97 Å². The lowest BCUT2D eigenvalue weighted by Gasteiger charge is -2.08. The maximum absolute atomic E-state index is 12.0. The predicted octanol–water partition coefficient (Wildman–Crippen LogP) is 2.40. The van der Waals surface area contributed by atoms with E-state index in [-0.39, 0.29) is 5.56 Å². The van der Waals surface area contributed by atoms with E-state index in [1.165, 1.54) is 6.20 Å². The molecule has 0 aliphatic rings. The summed E-state index contributed by atoms with van der Waals surface area (Å²) in [6.45, 7) is 3.53. The molecule has 0 aliphatic heterocycles. The van der Waals surface area contributed by atoms with Gasteiger partial charge in [0.15, 0.2) is 0 Å². The first-order valence-corrected chi connectivity index (χ1v) is 6.40. The van der Waals surface area contributed by atoms with Gasteiger partial charge in [-0.05, 0) is 37.6 Å². The average Bonchev–Trinajstić information content (AvgIpc) is 2.32. The van der Waals surface area contributed by atoms with Crippen LogP contribution in [0.5, 0.6) is 0 Å². The zero-order valence-corrected chi connectivity index (χ0v) is 12.0. The van der Waals surface area contributed by atoms with Crippen LogP contribution in [0.2, 0.25) is 0 Å². The van der Waals surface area contributed by atoms with Gasteiger partial charge in [0.2, 0.25) is 0 Å². The minimum absolute atomic E-state index is 0.00656. The quantitative estimate of drug-likeness (QED) is 0.891. The van der Waals surface area contributed by atoms with Crippen LogP contribution in [0.3, 0.4) is 0 Å². The van der Waals surface area contributed by atoms with E-state index in [0.717, 1.165) is 10.0 Å². The normalized spacial score (nSPS) is 10.3. The van der Waals surface area contributed by atoms with Crippen molar-refractivity contribution in [3.63, 3.8) is 0 Å². The molecule has 6 heteroatoms. The molecule has 0 atom stereocenters. The van der Waals surface area contributed by atoms with Gasteiger partial charge in [0.05, 0.1) is 0 Å². The first-order chi connectivity index (χ1) is 8.97. The Hall–Kier alpha value is -1.95. The molecule has 2 rings (SSSR count). The van der Waals surface area contributed by atoms with Gasteiger partial charge in [-0.25, -0.2) is 4.98 Å². The van der Waals surface area contributed by atoms with Crippen molar-refractivity contribution in [2.75, 3.05) is 5.32 Å². The third-order valence-electron chi connectivity index (χ3n) is 2.61. The number of hydrogen-bond acceptors (Lipinski definition) is 3. The molecule has 0 spiro atoms. The second-order valence-electron chi connectivity index (χ2n) is 4.12. The lowest BCUT2D eigenvalue weighted by Crippen LogP contribution is -2.24. The number of benzene rings is 1. The van der Waals surface area contributed by atoms with Crippen LogP contribution in [0.4, 0.5) is 5.69 Å². The molecule has 0 unspecified atom stereocenters. The van der Waals surface area contributed by atoms with Gasteiger partial charge in [-0.3, -0.25) is 9.59 Å². The number of anilines is 1. The number of carbonyl (C=O) groups is 1. The highest BCUT2D eigenvalue weighted by Gasteiger charge is 2.12. The molecule has 5 nitrogen and oxygen atoms in total. The van der Waals surface area contributed by atoms with Crippen molar-refractivity contribution >= 4 is 27.5 Å². The molecule has 1 heterocycles. The molecule has 98 valence electrons. The third-order valence-corrected chi connectivity index (χ3v) is 3.10. The Balaban J connectivity index is 2.28. The minimum Gasteiger partial charge on any atom is -0.322 e. The van der Waals surface area contributed by atoms with Crippen molar-refractivity contribution in [2.24, 2.45) is 0 Å². The maximum Gasteiger partial charge on any atom is 0.263 e. The van der Waals surface area contributed by atoms with Gasteiger partial charge >= 0.3 is 0 Å². The number of aromatic nitrogens is 2. The number of carbonyl (C=O) groups excluding carboxylic acids is 1. The fourth-order valence-electron chi connectivity index (χ4n) is 1.60. The fourth-order valence-corrected chi connectivity index (χ4v) is 2.08. The van der Waals surface area contributed by atoms with Gasteiger partial charge in [-0.15, -0.1) is 0 Å². The van der Waals surface area contributed by atoms with Gasteiger partial charge < -0.3 is 10.3 Å². The van der Waals surface area contributed by atoms with E-state index in [0.29, 0.717) is 11.5 Å². The largest absolute Gasteiger partial charge is 0.322 e. The summed E-state index contributed by atoms with van der Waals surface area (Å²) in [5, 5.41) is 2.69. The molecule has 0 saturated carbocycles. The van der Waals surface area contributed by atoms with Gasteiger partial charge in [-0.1, -0.05) is 15.9 Å². The summed E-state index contributed by atoms with van der Waals surface area (Å²) in [5.74, 6) is 0.000504. The monoisotopic (exact) mass is 321 g/mol. The van der Waals surface area contributed by atoms with Crippen LogP contribution in [0.15, 0.2) is 33.7 Å². The Bertz CT molecular complexity index is 695. The minimum atomic E-state index is -0.473. The van der Waals surface area contributed by atoms with Crippen molar-refractivity contribution in [3.8, 4) is 0 Å². The first kappa shape index (κ1) is 13.5. The van der Waals surface area contributed by atoms with Gasteiger partial charge in [-0.2, -0.15) is 0 Å². The van der Waals surface area contributed by atoms with Crippen LogP contribution in [0.25, 0.3) is 0 Å². The van der Waals surface area contributed by atoms with Crippen molar-refractivity contribution in [2.45, 2.75) is 13.8 Å². The Morgan fingerprint density at radius 1 is 1.37 bits per heavy atom. The molecule has 19 heavy (non-hydrogen) atoms. The second kappa shape index (κ2) is 5.36. The molecule has 1 aromatic heterocycles. The van der Waals surface area contributed by atoms with E-state index in [9.17, 15) is 9.59 Å². The Morgan fingerprint density at radius 3 is 2.74 bits per heavy atom. The highest BCUT2D eigenvalue weighted by atomic mass is 79.9. The lowest BCUT2D eigenvalue weighted by molar-refractivity contribution is 0.102. The number of hydrogen-bond donors (Lipinski definition) is 2. The second-order valence-corrected chi connectivity index (χ2v) is 5.04. The molecule has 1 aromatic carbocycles. The molecule has 0 fully saturated rings. The Labute approximate surface area is 118 Å². The van der Waals surface area contributed by atoms with Gasteiger partial charge in [0, 0.05) is 16.4 Å². The smallest absolute Gasteiger partial charge is 0.263 e. The van der Waals surface area contributed by atoms with Crippen LogP contribution < -0.4 is 10.9 Å². The van der Waals surface area contributed by atoms with E-state index in [1.54, 1.807) is 13.0 Å². The summed E-state index contributed by atoms with van der Waals surface area (Å²) in [4.78, 5) is 30.1. The summed E-state index contributed by atoms with van der Waals surface area (Å²) in [6, 6.07) is 5.47. The van der Waals surface area contributed by atoms with E-state index in [2.05, 4.69) is 31.2 Å². The van der Waals surface area contributed by atoms with Crippen molar-refractivity contribution in [1.29, 1.82) is 0 Å². The van der Waals surface area contributed by atoms with Crippen LogP contribution in [-0.2, 0) is 0 Å². The van der Waals surface area contributed by atoms with Crippen LogP contribution in [-0.4, -0.2) is 15.9 Å². The number of aromatic amines is 1. The Kier molecular flexibility index (Phi) is 3.80. The number of aryl methyl sites for hydroxylation is 2. The average molecular weight is 322 g/mol. The van der Waals surface area contributed by atoms with Crippen molar-refractivity contribution in [3.05, 3.63) is 56.2 Å². The molecular weight excluding hydrogens is 310 g/mol. The molecule has 2 N–H and O–H groups in total. The number of nitrogens with one attached hydrogen (secondary N) is 2. The number of nitrogens with zero attached hydrogens (tertiary/aromatic N) is 1. The summed E-state index contributed by atoms with van der Waals surface area (Å²) in [6.07, 6.45) is 1.28. The fraction of sp³-hybridized carbons (Fsp3) is 0.154. The van der Waals surface area contributed by atoms with Crippen molar-refractivity contribution < 1.29 is 4.79 Å². The molecule has 1 amide bonds. The standard InChI is InChI=1S/C13H12BrN3O2/c1-7-5-9(14)3-4-11(7)17-13(19)10-6-15-8(2)16-12(10)18/h3-6H,1-2H3,(H,17,19)(H,15,16,18). The topological polar surface area (TPSA) is 74.8 Å². The van der Waals surface area contributed by atoms with E-state index in [4.69, 9.17) is 0 Å². The number of halogens is 1. The van der Waals surface area contributed by atoms with Crippen LogP contribution >= 0.6 is 15.9 Å². The molecule has 0 radical (unpaired) electrons. The third kappa shape index (κ3) is 3.08. The highest BCUT2D eigenvalue weighted by molar-refractivity contribution is 9.10. The van der Waals surface area contributed by atoms with Gasteiger partial charge in [0.1, 0.15) is 11.4 Å². The molecule has 0 bridgehead atoms. The zero-order valence-electron chi connectivity index (χ0n) is 10.5.